The van der Waals surface area contributed by atoms with E-state index in [2.05, 4.69) is 5.32 Å². The molecule has 1 aromatic rings. The minimum absolute atomic E-state index is 0.104. The van der Waals surface area contributed by atoms with Crippen LogP contribution in [-0.4, -0.2) is 40.3 Å². The normalized spacial score (nSPS) is 21.9. The third-order valence-electron chi connectivity index (χ3n) is 3.56. The molecule has 2 aliphatic heterocycles. The van der Waals surface area contributed by atoms with E-state index < -0.39 is 15.7 Å². The van der Waals surface area contributed by atoms with Crippen LogP contribution in [0.2, 0.25) is 0 Å². The van der Waals surface area contributed by atoms with Crippen LogP contribution in [0.15, 0.2) is 17.0 Å². The predicted octanol–water partition coefficient (Wildman–Crippen LogP) is 0.565. The third kappa shape index (κ3) is 1.89. The number of nitrogens with zero attached hydrogens (tertiary/aromatic N) is 1. The number of anilines is 1. The Morgan fingerprint density at radius 1 is 1.22 bits per heavy atom. The maximum absolute atomic E-state index is 14.0. The van der Waals surface area contributed by atoms with Crippen LogP contribution < -0.4 is 10.2 Å². The first-order valence-corrected chi connectivity index (χ1v) is 7.74. The fourth-order valence-electron chi connectivity index (χ4n) is 2.57. The van der Waals surface area contributed by atoms with Gasteiger partial charge >= 0.3 is 0 Å². The van der Waals surface area contributed by atoms with E-state index in [1.54, 1.807) is 6.07 Å². The van der Waals surface area contributed by atoms with Crippen LogP contribution in [0.25, 0.3) is 0 Å². The van der Waals surface area contributed by atoms with E-state index in [-0.39, 0.29) is 10.6 Å². The Morgan fingerprint density at radius 3 is 2.67 bits per heavy atom. The molecule has 3 rings (SSSR count). The summed E-state index contributed by atoms with van der Waals surface area (Å²) in [6.45, 7) is 3.16. The minimum atomic E-state index is -3.25. The van der Waals surface area contributed by atoms with E-state index in [1.807, 2.05) is 4.90 Å². The Bertz CT molecular complexity index is 580. The van der Waals surface area contributed by atoms with Gasteiger partial charge < -0.3 is 10.2 Å². The van der Waals surface area contributed by atoms with Gasteiger partial charge in [-0.1, -0.05) is 0 Å². The fraction of sp³-hybridized carbons (Fsp3) is 0.500. The molecule has 1 fully saturated rings. The second-order valence-corrected chi connectivity index (χ2v) is 6.79. The van der Waals surface area contributed by atoms with Gasteiger partial charge in [0.05, 0.1) is 16.3 Å². The Hall–Kier alpha value is -1.14. The van der Waals surface area contributed by atoms with Crippen molar-refractivity contribution in [2.24, 2.45) is 0 Å². The van der Waals surface area contributed by atoms with E-state index in [1.165, 1.54) is 6.07 Å². The molecule has 0 amide bonds. The van der Waals surface area contributed by atoms with E-state index in [0.717, 1.165) is 31.7 Å². The minimum Gasteiger partial charge on any atom is -0.367 e. The van der Waals surface area contributed by atoms with Crippen LogP contribution in [0.5, 0.6) is 0 Å². The highest BCUT2D eigenvalue weighted by atomic mass is 32.2. The SMILES string of the molecule is O=S1(=O)CCc2cc(N3CCNCC3)c(F)cc21. The lowest BCUT2D eigenvalue weighted by atomic mass is 10.1. The molecular formula is C12H15FN2O2S. The highest BCUT2D eigenvalue weighted by Gasteiger charge is 2.29. The monoisotopic (exact) mass is 270 g/mol. The van der Waals surface area contributed by atoms with E-state index in [4.69, 9.17) is 0 Å². The molecule has 98 valence electrons. The zero-order chi connectivity index (χ0) is 12.8. The maximum Gasteiger partial charge on any atom is 0.179 e. The van der Waals surface area contributed by atoms with E-state index >= 15 is 0 Å². The number of rotatable bonds is 1. The lowest BCUT2D eigenvalue weighted by Crippen LogP contribution is -2.43. The molecule has 0 radical (unpaired) electrons. The van der Waals surface area contributed by atoms with Gasteiger partial charge in [0.1, 0.15) is 5.82 Å². The Kier molecular flexibility index (Phi) is 2.79. The number of piperazine rings is 1. The number of aryl methyl sites for hydroxylation is 1. The van der Waals surface area contributed by atoms with Gasteiger partial charge in [0, 0.05) is 26.2 Å². The Morgan fingerprint density at radius 2 is 1.94 bits per heavy atom. The summed E-state index contributed by atoms with van der Waals surface area (Å²) in [7, 11) is -3.25. The first kappa shape index (κ1) is 11.9. The van der Waals surface area contributed by atoms with Gasteiger partial charge in [0.15, 0.2) is 9.84 Å². The number of hydrogen-bond acceptors (Lipinski definition) is 4. The van der Waals surface area contributed by atoms with Gasteiger partial charge in [0.2, 0.25) is 0 Å². The predicted molar refractivity (Wildman–Crippen MR) is 67.2 cm³/mol. The summed E-state index contributed by atoms with van der Waals surface area (Å²) in [5.74, 6) is -0.326. The first-order valence-electron chi connectivity index (χ1n) is 6.09. The van der Waals surface area contributed by atoms with Gasteiger partial charge in [0.25, 0.3) is 0 Å². The van der Waals surface area contributed by atoms with E-state index in [9.17, 15) is 12.8 Å². The molecule has 0 spiro atoms. The number of hydrogen-bond donors (Lipinski definition) is 1. The summed E-state index contributed by atoms with van der Waals surface area (Å²) in [4.78, 5) is 2.15. The van der Waals surface area contributed by atoms with Crippen LogP contribution in [0.1, 0.15) is 5.56 Å². The summed E-state index contributed by atoms with van der Waals surface area (Å²) in [5.41, 5.74) is 1.29. The van der Waals surface area contributed by atoms with Gasteiger partial charge in [-0.15, -0.1) is 0 Å². The molecule has 1 aromatic carbocycles. The summed E-state index contributed by atoms with van der Waals surface area (Å²) >= 11 is 0. The van der Waals surface area contributed by atoms with E-state index in [0.29, 0.717) is 12.1 Å². The molecule has 2 aliphatic rings. The Balaban J connectivity index is 2.03. The highest BCUT2D eigenvalue weighted by molar-refractivity contribution is 7.91. The number of nitrogens with one attached hydrogen (secondary N) is 1. The largest absolute Gasteiger partial charge is 0.367 e. The Labute approximate surface area is 106 Å². The van der Waals surface area contributed by atoms with Crippen molar-refractivity contribution in [2.45, 2.75) is 11.3 Å². The summed E-state index contributed by atoms with van der Waals surface area (Å²) in [6, 6.07) is 2.90. The van der Waals surface area contributed by atoms with Crippen LogP contribution >= 0.6 is 0 Å². The summed E-state index contributed by atoms with van der Waals surface area (Å²) in [6.07, 6.45) is 0.497. The molecule has 0 aromatic heterocycles. The summed E-state index contributed by atoms with van der Waals surface area (Å²) in [5, 5.41) is 3.21. The van der Waals surface area contributed by atoms with Gasteiger partial charge in [-0.25, -0.2) is 12.8 Å². The lowest BCUT2D eigenvalue weighted by Gasteiger charge is -2.30. The number of sulfone groups is 1. The first-order chi connectivity index (χ1) is 8.58. The van der Waals surface area contributed by atoms with Crippen LogP contribution in [0.3, 0.4) is 0 Å². The highest BCUT2D eigenvalue weighted by Crippen LogP contribution is 2.32. The zero-order valence-corrected chi connectivity index (χ0v) is 10.8. The van der Waals surface area contributed by atoms with Crippen molar-refractivity contribution in [3.8, 4) is 0 Å². The van der Waals surface area contributed by atoms with Crippen molar-refractivity contribution in [3.63, 3.8) is 0 Å². The van der Waals surface area contributed by atoms with Crippen molar-refractivity contribution in [2.75, 3.05) is 36.8 Å². The average Bonchev–Trinajstić information content (AvgIpc) is 2.65. The quantitative estimate of drug-likeness (QED) is 0.810. The number of benzene rings is 1. The third-order valence-corrected chi connectivity index (χ3v) is 5.35. The standard InChI is InChI=1S/C12H15FN2O2S/c13-10-8-12-9(1-6-18(12,16)17)7-11(10)15-4-2-14-3-5-15/h7-8,14H,1-6H2. The van der Waals surface area contributed by atoms with Crippen molar-refractivity contribution in [1.29, 1.82) is 0 Å². The second kappa shape index (κ2) is 4.20. The second-order valence-electron chi connectivity index (χ2n) is 4.72. The van der Waals surface area contributed by atoms with Crippen LogP contribution in [0.4, 0.5) is 10.1 Å². The van der Waals surface area contributed by atoms with Crippen molar-refractivity contribution < 1.29 is 12.8 Å². The zero-order valence-electron chi connectivity index (χ0n) is 9.95. The molecule has 1 saturated heterocycles. The number of fused-ring (bicyclic) bond motifs is 1. The summed E-state index contributed by atoms with van der Waals surface area (Å²) < 4.78 is 37.5. The fourth-order valence-corrected chi connectivity index (χ4v) is 4.13. The molecule has 0 saturated carbocycles. The molecule has 6 heteroatoms. The molecule has 2 heterocycles. The van der Waals surface area contributed by atoms with Gasteiger partial charge in [-0.2, -0.15) is 0 Å². The van der Waals surface area contributed by atoms with Crippen LogP contribution in [-0.2, 0) is 16.3 Å². The maximum atomic E-state index is 14.0. The average molecular weight is 270 g/mol. The van der Waals surface area contributed by atoms with Crippen molar-refractivity contribution >= 4 is 15.5 Å². The molecule has 0 bridgehead atoms. The molecule has 4 nitrogen and oxygen atoms in total. The molecule has 0 aliphatic carbocycles. The van der Waals surface area contributed by atoms with Gasteiger partial charge in [-0.3, -0.25) is 0 Å². The van der Waals surface area contributed by atoms with Crippen LogP contribution in [0, 0.1) is 5.82 Å². The van der Waals surface area contributed by atoms with Crippen molar-refractivity contribution in [1.82, 2.24) is 5.32 Å². The molecular weight excluding hydrogens is 255 g/mol. The lowest BCUT2D eigenvalue weighted by molar-refractivity contribution is 0.563. The van der Waals surface area contributed by atoms with Gasteiger partial charge in [-0.05, 0) is 24.1 Å². The molecule has 18 heavy (non-hydrogen) atoms. The smallest absolute Gasteiger partial charge is 0.179 e. The molecule has 0 unspecified atom stereocenters. The topological polar surface area (TPSA) is 49.4 Å². The molecule has 1 N–H and O–H groups in total. The molecule has 0 atom stereocenters. The number of halogens is 1. The van der Waals surface area contributed by atoms with Crippen molar-refractivity contribution in [3.05, 3.63) is 23.5 Å².